The number of hydrogen-bond acceptors (Lipinski definition) is 9. The molecule has 0 amide bonds. The molecule has 1 aromatic carbocycles. The van der Waals surface area contributed by atoms with E-state index in [1.54, 1.807) is 58.0 Å². The van der Waals surface area contributed by atoms with Crippen LogP contribution in [0.25, 0.3) is 0 Å². The van der Waals surface area contributed by atoms with E-state index in [9.17, 15) is 29.2 Å². The van der Waals surface area contributed by atoms with Crippen molar-refractivity contribution in [3.8, 4) is 5.75 Å². The first kappa shape index (κ1) is 29.8. The van der Waals surface area contributed by atoms with Crippen molar-refractivity contribution in [1.29, 1.82) is 0 Å². The third kappa shape index (κ3) is 6.81. The SMILES string of the molecule is CC(C)OC(=O)CNP(=O)(Oc1ccccc1)C(C)C(C)C[C@H]1OC(n2ccc(=O)[nH]c2=O)[C@@H](O)C1(C)O. The van der Waals surface area contributed by atoms with E-state index in [4.69, 9.17) is 14.0 Å². The van der Waals surface area contributed by atoms with E-state index in [0.29, 0.717) is 5.75 Å². The predicted molar refractivity (Wildman–Crippen MR) is 139 cm³/mol. The number of para-hydroxylation sites is 1. The molecule has 12 nitrogen and oxygen atoms in total. The molecule has 38 heavy (non-hydrogen) atoms. The average molecular weight is 554 g/mol. The van der Waals surface area contributed by atoms with Crippen LogP contribution < -0.4 is 20.9 Å². The van der Waals surface area contributed by atoms with Gasteiger partial charge < -0.3 is 24.2 Å². The van der Waals surface area contributed by atoms with Gasteiger partial charge in [0.25, 0.3) is 5.56 Å². The van der Waals surface area contributed by atoms with E-state index in [2.05, 4.69) is 10.1 Å². The Bertz CT molecular complexity index is 1260. The normalized spacial score (nSPS) is 26.5. The molecular weight excluding hydrogens is 517 g/mol. The fourth-order valence-corrected chi connectivity index (χ4v) is 6.34. The molecule has 1 aliphatic heterocycles. The predicted octanol–water partition coefficient (Wildman–Crippen LogP) is 1.77. The number of nitrogens with zero attached hydrogens (tertiary/aromatic N) is 1. The van der Waals surface area contributed by atoms with Crippen LogP contribution in [0.5, 0.6) is 5.75 Å². The summed E-state index contributed by atoms with van der Waals surface area (Å²) in [6.07, 6.45) is -2.74. The van der Waals surface area contributed by atoms with Gasteiger partial charge in [-0.1, -0.05) is 32.0 Å². The van der Waals surface area contributed by atoms with Crippen LogP contribution in [-0.4, -0.2) is 61.9 Å². The highest BCUT2D eigenvalue weighted by molar-refractivity contribution is 7.58. The zero-order chi connectivity index (χ0) is 28.3. The summed E-state index contributed by atoms with van der Waals surface area (Å²) < 4.78 is 32.1. The molecule has 0 radical (unpaired) electrons. The number of aromatic nitrogens is 2. The van der Waals surface area contributed by atoms with E-state index < -0.39 is 60.4 Å². The Labute approximate surface area is 220 Å². The highest BCUT2D eigenvalue weighted by atomic mass is 31.2. The van der Waals surface area contributed by atoms with Crippen LogP contribution in [0.3, 0.4) is 0 Å². The molecule has 0 spiro atoms. The second kappa shape index (κ2) is 12.0. The monoisotopic (exact) mass is 553 g/mol. The van der Waals surface area contributed by atoms with E-state index in [1.165, 1.54) is 13.1 Å². The summed E-state index contributed by atoms with van der Waals surface area (Å²) in [6, 6.07) is 9.64. The number of rotatable bonds is 11. The molecule has 1 aliphatic rings. The van der Waals surface area contributed by atoms with Crippen molar-refractivity contribution in [3.63, 3.8) is 0 Å². The molecule has 0 bridgehead atoms. The van der Waals surface area contributed by atoms with Crippen LogP contribution in [-0.2, 0) is 18.8 Å². The van der Waals surface area contributed by atoms with Crippen LogP contribution in [0, 0.1) is 5.92 Å². The number of H-pyrrole nitrogens is 1. The molecule has 5 unspecified atom stereocenters. The second-order valence-corrected chi connectivity index (χ2v) is 12.5. The Morgan fingerprint density at radius 3 is 2.47 bits per heavy atom. The molecule has 0 aliphatic carbocycles. The maximum absolute atomic E-state index is 14.1. The average Bonchev–Trinajstić information content (AvgIpc) is 3.06. The minimum atomic E-state index is -3.73. The van der Waals surface area contributed by atoms with Crippen molar-refractivity contribution in [2.24, 2.45) is 5.92 Å². The van der Waals surface area contributed by atoms with E-state index in [0.717, 1.165) is 10.6 Å². The van der Waals surface area contributed by atoms with Crippen molar-refractivity contribution in [2.45, 2.75) is 76.8 Å². The van der Waals surface area contributed by atoms with Gasteiger partial charge in [0.2, 0.25) is 0 Å². The van der Waals surface area contributed by atoms with Crippen LogP contribution >= 0.6 is 7.52 Å². The quantitative estimate of drug-likeness (QED) is 0.238. The molecule has 13 heteroatoms. The van der Waals surface area contributed by atoms with Gasteiger partial charge in [0.05, 0.1) is 17.9 Å². The molecule has 0 saturated carbocycles. The second-order valence-electron chi connectivity index (χ2n) is 10.0. The minimum absolute atomic E-state index is 0.125. The van der Waals surface area contributed by atoms with Gasteiger partial charge in [-0.2, -0.15) is 0 Å². The minimum Gasteiger partial charge on any atom is -0.462 e. The Hall–Kier alpha value is -2.76. The summed E-state index contributed by atoms with van der Waals surface area (Å²) in [6.45, 7) is 7.94. The zero-order valence-corrected chi connectivity index (χ0v) is 23.0. The molecule has 2 aromatic rings. The van der Waals surface area contributed by atoms with Crippen LogP contribution in [0.1, 0.15) is 47.3 Å². The summed E-state index contributed by atoms with van der Waals surface area (Å²) in [5.74, 6) is -0.666. The Morgan fingerprint density at radius 2 is 1.87 bits per heavy atom. The highest BCUT2D eigenvalue weighted by Crippen LogP contribution is 2.52. The van der Waals surface area contributed by atoms with Gasteiger partial charge in [0.15, 0.2) is 6.23 Å². The van der Waals surface area contributed by atoms with Gasteiger partial charge in [-0.05, 0) is 45.2 Å². The molecule has 7 atom stereocenters. The lowest BCUT2D eigenvalue weighted by Crippen LogP contribution is -2.46. The first-order valence-corrected chi connectivity index (χ1v) is 14.1. The first-order chi connectivity index (χ1) is 17.7. The third-order valence-corrected chi connectivity index (χ3v) is 9.35. The number of esters is 1. The summed E-state index contributed by atoms with van der Waals surface area (Å²) in [5, 5.41) is 24.6. The third-order valence-electron chi connectivity index (χ3n) is 6.69. The largest absolute Gasteiger partial charge is 0.462 e. The lowest BCUT2D eigenvalue weighted by atomic mass is 9.88. The molecule has 2 heterocycles. The molecule has 1 saturated heterocycles. The van der Waals surface area contributed by atoms with Gasteiger partial charge >= 0.3 is 19.2 Å². The Morgan fingerprint density at radius 1 is 1.21 bits per heavy atom. The number of benzene rings is 1. The molecular formula is C25H36N3O9P. The Kier molecular flexibility index (Phi) is 9.38. The number of nitrogens with one attached hydrogen (secondary N) is 2. The van der Waals surface area contributed by atoms with Crippen molar-refractivity contribution in [3.05, 3.63) is 63.4 Å². The lowest BCUT2D eigenvalue weighted by molar-refractivity contribution is -0.145. The standard InChI is InChI=1S/C25H36N3O9P/c1-15(2)35-21(30)14-26-38(34,37-18-9-7-6-8-10-18)17(4)16(3)13-19-25(5,33)22(31)23(36-19)28-12-11-20(29)27-24(28)32/h6-12,15-17,19,22-23,31,33H,13-14H2,1-5H3,(H,26,34)(H,27,29,32)/t16?,17?,19-,22-,23?,25?,38?/m1/s1. The number of hydrogen-bond donors (Lipinski definition) is 4. The van der Waals surface area contributed by atoms with Gasteiger partial charge in [0, 0.05) is 12.3 Å². The highest BCUT2D eigenvalue weighted by Gasteiger charge is 2.54. The molecule has 1 aromatic heterocycles. The number of carbonyl (C=O) groups excluding carboxylic acids is 1. The van der Waals surface area contributed by atoms with Crippen molar-refractivity contribution >= 4 is 13.5 Å². The van der Waals surface area contributed by atoms with E-state index >= 15 is 0 Å². The number of ether oxygens (including phenoxy) is 2. The number of aliphatic hydroxyl groups excluding tert-OH is 1. The van der Waals surface area contributed by atoms with Gasteiger partial charge in [-0.3, -0.25) is 23.7 Å². The maximum Gasteiger partial charge on any atom is 0.330 e. The van der Waals surface area contributed by atoms with Crippen LogP contribution in [0.2, 0.25) is 0 Å². The fourth-order valence-electron chi connectivity index (χ4n) is 4.25. The van der Waals surface area contributed by atoms with Crippen molar-refractivity contribution < 1.29 is 33.6 Å². The first-order valence-electron chi connectivity index (χ1n) is 12.4. The van der Waals surface area contributed by atoms with Crippen LogP contribution in [0.15, 0.2) is 52.2 Å². The summed E-state index contributed by atoms with van der Waals surface area (Å²) in [7, 11) is -3.73. The topological polar surface area (TPSA) is 169 Å². The van der Waals surface area contributed by atoms with Gasteiger partial charge in [-0.25, -0.2) is 9.88 Å². The number of aromatic amines is 1. The van der Waals surface area contributed by atoms with Gasteiger partial charge in [0.1, 0.15) is 24.0 Å². The number of aliphatic hydroxyl groups is 2. The van der Waals surface area contributed by atoms with Crippen LogP contribution in [0.4, 0.5) is 0 Å². The molecule has 4 N–H and O–H groups in total. The smallest absolute Gasteiger partial charge is 0.330 e. The molecule has 1 fully saturated rings. The van der Waals surface area contributed by atoms with Crippen molar-refractivity contribution in [1.82, 2.24) is 14.6 Å². The Balaban J connectivity index is 1.80. The van der Waals surface area contributed by atoms with E-state index in [-0.39, 0.29) is 19.1 Å². The fraction of sp³-hybridized carbons (Fsp3) is 0.560. The zero-order valence-electron chi connectivity index (χ0n) is 22.1. The van der Waals surface area contributed by atoms with E-state index in [1.807, 2.05) is 0 Å². The summed E-state index contributed by atoms with van der Waals surface area (Å²) in [4.78, 5) is 38.0. The summed E-state index contributed by atoms with van der Waals surface area (Å²) in [5.41, 5.74) is -3.85. The summed E-state index contributed by atoms with van der Waals surface area (Å²) >= 11 is 0. The van der Waals surface area contributed by atoms with Gasteiger partial charge in [-0.15, -0.1) is 0 Å². The molecule has 210 valence electrons. The van der Waals surface area contributed by atoms with Crippen molar-refractivity contribution in [2.75, 3.05) is 6.54 Å². The molecule has 3 rings (SSSR count). The maximum atomic E-state index is 14.1. The lowest BCUT2D eigenvalue weighted by Gasteiger charge is -2.33. The number of carbonyl (C=O) groups is 1.